The molecule has 0 saturated heterocycles. The molecule has 0 aromatic heterocycles. The predicted octanol–water partition coefficient (Wildman–Crippen LogP) is 6.23. The van der Waals surface area contributed by atoms with Gasteiger partial charge in [0.15, 0.2) is 0 Å². The Morgan fingerprint density at radius 1 is 1.10 bits per heavy atom. The molecule has 10 heteroatoms. The van der Waals surface area contributed by atoms with Crippen LogP contribution >= 0.6 is 11.8 Å². The Hall–Kier alpha value is -3.53. The van der Waals surface area contributed by atoms with E-state index in [1.807, 2.05) is 0 Å². The molecule has 0 atom stereocenters. The minimum atomic E-state index is -4.69. The molecule has 0 amide bonds. The maximum Gasteiger partial charge on any atom is 0.416 e. The summed E-state index contributed by atoms with van der Waals surface area (Å²) in [7, 11) is 1.44. The van der Waals surface area contributed by atoms with Crippen LogP contribution in [0.2, 0.25) is 0 Å². The first-order valence-electron chi connectivity index (χ1n) is 8.73. The highest BCUT2D eigenvalue weighted by molar-refractivity contribution is 7.99. The van der Waals surface area contributed by atoms with Gasteiger partial charge in [-0.15, -0.1) is 0 Å². The number of nitro groups is 1. The molecule has 0 fully saturated rings. The third-order valence-electron chi connectivity index (χ3n) is 4.16. The van der Waals surface area contributed by atoms with Gasteiger partial charge in [0.2, 0.25) is 0 Å². The predicted molar refractivity (Wildman–Crippen MR) is 111 cm³/mol. The molecule has 0 radical (unpaired) electrons. The number of nitrogens with zero attached hydrogens (tertiary/aromatic N) is 2. The van der Waals surface area contributed by atoms with Crippen molar-refractivity contribution in [3.05, 3.63) is 81.9 Å². The monoisotopic (exact) mass is 448 g/mol. The molecule has 0 heterocycles. The fraction of sp³-hybridized carbons (Fsp3) is 0.0952. The summed E-state index contributed by atoms with van der Waals surface area (Å²) in [5.41, 5.74) is -1.00. The van der Waals surface area contributed by atoms with Gasteiger partial charge in [-0.2, -0.15) is 13.2 Å². The maximum atomic E-state index is 12.9. The van der Waals surface area contributed by atoms with Crippen molar-refractivity contribution in [3.63, 3.8) is 0 Å². The van der Waals surface area contributed by atoms with Crippen molar-refractivity contribution in [1.29, 1.82) is 0 Å². The van der Waals surface area contributed by atoms with Gasteiger partial charge in [0.25, 0.3) is 5.69 Å². The van der Waals surface area contributed by atoms with Crippen molar-refractivity contribution in [2.75, 3.05) is 7.11 Å². The summed E-state index contributed by atoms with van der Waals surface area (Å²) < 4.78 is 44.0. The number of para-hydroxylation sites is 1. The number of methoxy groups -OCH3 is 1. The lowest BCUT2D eigenvalue weighted by Crippen LogP contribution is -2.05. The third kappa shape index (κ3) is 5.15. The van der Waals surface area contributed by atoms with E-state index in [-0.39, 0.29) is 10.6 Å². The number of phenolic OH excluding ortho intramolecular Hbond substituents is 1. The number of nitro benzene ring substituents is 1. The van der Waals surface area contributed by atoms with Crippen molar-refractivity contribution in [1.82, 2.24) is 0 Å². The van der Waals surface area contributed by atoms with Gasteiger partial charge in [0, 0.05) is 17.2 Å². The highest BCUT2D eigenvalue weighted by atomic mass is 32.2. The van der Waals surface area contributed by atoms with Gasteiger partial charge < -0.3 is 9.84 Å². The summed E-state index contributed by atoms with van der Waals surface area (Å²) in [4.78, 5) is 15.4. The van der Waals surface area contributed by atoms with Crippen molar-refractivity contribution in [2.24, 2.45) is 4.99 Å². The van der Waals surface area contributed by atoms with Gasteiger partial charge in [-0.05, 0) is 36.4 Å². The van der Waals surface area contributed by atoms with Crippen LogP contribution in [-0.4, -0.2) is 23.4 Å². The van der Waals surface area contributed by atoms with Crippen LogP contribution in [-0.2, 0) is 6.18 Å². The Morgan fingerprint density at radius 2 is 1.84 bits per heavy atom. The lowest BCUT2D eigenvalue weighted by atomic mass is 10.2. The number of aromatic hydroxyl groups is 1. The number of ether oxygens (including phenoxy) is 1. The van der Waals surface area contributed by atoms with Crippen LogP contribution in [0.25, 0.3) is 0 Å². The number of halogens is 3. The molecule has 1 N–H and O–H groups in total. The molecule has 0 spiro atoms. The van der Waals surface area contributed by atoms with Gasteiger partial charge in [0.05, 0.1) is 33.7 Å². The van der Waals surface area contributed by atoms with Crippen LogP contribution in [0.15, 0.2) is 75.4 Å². The van der Waals surface area contributed by atoms with E-state index in [1.54, 1.807) is 36.4 Å². The highest BCUT2D eigenvalue weighted by Crippen LogP contribution is 2.42. The molecule has 0 aliphatic carbocycles. The van der Waals surface area contributed by atoms with Crippen LogP contribution < -0.4 is 4.74 Å². The Labute approximate surface area is 179 Å². The Kier molecular flexibility index (Phi) is 6.50. The summed E-state index contributed by atoms with van der Waals surface area (Å²) in [6.45, 7) is 0. The first-order chi connectivity index (χ1) is 14.7. The zero-order chi connectivity index (χ0) is 22.6. The van der Waals surface area contributed by atoms with E-state index in [0.29, 0.717) is 28.0 Å². The molecule has 0 aliphatic heterocycles. The summed E-state index contributed by atoms with van der Waals surface area (Å²) in [6, 6.07) is 13.8. The van der Waals surface area contributed by atoms with E-state index in [4.69, 9.17) is 4.74 Å². The number of hydrogen-bond donors (Lipinski definition) is 1. The number of benzene rings is 3. The highest BCUT2D eigenvalue weighted by Gasteiger charge is 2.33. The average Bonchev–Trinajstić information content (AvgIpc) is 2.73. The fourth-order valence-corrected chi connectivity index (χ4v) is 3.65. The van der Waals surface area contributed by atoms with E-state index in [1.165, 1.54) is 19.4 Å². The Balaban J connectivity index is 1.98. The minimum Gasteiger partial charge on any atom is -0.507 e. The standard InChI is InChI=1S/C21H15F3N2O4S/c1-30-18-7-4-6-17(27)14(18)12-25-15-5-2-3-8-19(15)31-20-10-9-13(21(22,23)24)11-16(20)26(28)29/h2-12,27H,1H3. The SMILES string of the molecule is COc1cccc(O)c1C=Nc1ccccc1Sc1ccc(C(F)(F)F)cc1[N+](=O)[O-]. The Bertz CT molecular complexity index is 1150. The van der Waals surface area contributed by atoms with E-state index < -0.39 is 22.4 Å². The van der Waals surface area contributed by atoms with Gasteiger partial charge >= 0.3 is 6.18 Å². The zero-order valence-electron chi connectivity index (χ0n) is 16.0. The molecule has 0 unspecified atom stereocenters. The van der Waals surface area contributed by atoms with Crippen molar-refractivity contribution in [2.45, 2.75) is 16.0 Å². The molecular weight excluding hydrogens is 433 g/mol. The Morgan fingerprint density at radius 3 is 2.52 bits per heavy atom. The first kappa shape index (κ1) is 22.2. The largest absolute Gasteiger partial charge is 0.507 e. The quantitative estimate of drug-likeness (QED) is 0.275. The van der Waals surface area contributed by atoms with Crippen LogP contribution in [0.1, 0.15) is 11.1 Å². The van der Waals surface area contributed by atoms with Crippen molar-refractivity contribution < 1.29 is 27.9 Å². The molecule has 31 heavy (non-hydrogen) atoms. The zero-order valence-corrected chi connectivity index (χ0v) is 16.8. The summed E-state index contributed by atoms with van der Waals surface area (Å²) >= 11 is 0.921. The molecule has 0 saturated carbocycles. The number of hydrogen-bond acceptors (Lipinski definition) is 6. The smallest absolute Gasteiger partial charge is 0.416 e. The summed E-state index contributed by atoms with van der Waals surface area (Å²) in [6.07, 6.45) is -3.30. The fourth-order valence-electron chi connectivity index (χ4n) is 2.67. The number of rotatable bonds is 6. The molecular formula is C21H15F3N2O4S. The molecule has 0 bridgehead atoms. The van der Waals surface area contributed by atoms with E-state index in [2.05, 4.69) is 4.99 Å². The van der Waals surface area contributed by atoms with Gasteiger partial charge in [-0.1, -0.05) is 30.0 Å². The topological polar surface area (TPSA) is 85.0 Å². The van der Waals surface area contributed by atoms with Gasteiger partial charge in [0.1, 0.15) is 11.5 Å². The lowest BCUT2D eigenvalue weighted by Gasteiger charge is -2.10. The van der Waals surface area contributed by atoms with Crippen molar-refractivity contribution >= 4 is 29.4 Å². The number of phenols is 1. The molecule has 3 aromatic carbocycles. The second-order valence-corrected chi connectivity index (χ2v) is 7.24. The van der Waals surface area contributed by atoms with E-state index >= 15 is 0 Å². The van der Waals surface area contributed by atoms with Crippen LogP contribution in [0.3, 0.4) is 0 Å². The normalized spacial score (nSPS) is 11.6. The average molecular weight is 448 g/mol. The van der Waals surface area contributed by atoms with E-state index in [0.717, 1.165) is 23.9 Å². The lowest BCUT2D eigenvalue weighted by molar-refractivity contribution is -0.388. The van der Waals surface area contributed by atoms with Crippen LogP contribution in [0.4, 0.5) is 24.5 Å². The van der Waals surface area contributed by atoms with Crippen LogP contribution in [0.5, 0.6) is 11.5 Å². The van der Waals surface area contributed by atoms with Crippen molar-refractivity contribution in [3.8, 4) is 11.5 Å². The third-order valence-corrected chi connectivity index (χ3v) is 5.29. The molecule has 3 rings (SSSR count). The van der Waals surface area contributed by atoms with Gasteiger partial charge in [-0.25, -0.2) is 0 Å². The van der Waals surface area contributed by atoms with Gasteiger partial charge in [-0.3, -0.25) is 15.1 Å². The number of alkyl halides is 3. The molecule has 3 aromatic rings. The first-order valence-corrected chi connectivity index (χ1v) is 9.55. The number of aliphatic imine (C=N–C) groups is 1. The second kappa shape index (κ2) is 9.09. The van der Waals surface area contributed by atoms with E-state index in [9.17, 15) is 28.4 Å². The molecule has 6 nitrogen and oxygen atoms in total. The summed E-state index contributed by atoms with van der Waals surface area (Å²) in [5.74, 6) is 0.346. The summed E-state index contributed by atoms with van der Waals surface area (Å²) in [5, 5.41) is 21.4. The maximum absolute atomic E-state index is 12.9. The minimum absolute atomic E-state index is 0.0424. The molecule has 0 aliphatic rings. The van der Waals surface area contributed by atoms with Crippen LogP contribution in [0, 0.1) is 10.1 Å². The molecule has 160 valence electrons. The second-order valence-electron chi connectivity index (χ2n) is 6.16.